The molecule has 23 heavy (non-hydrogen) atoms. The third-order valence-electron chi connectivity index (χ3n) is 2.86. The predicted molar refractivity (Wildman–Crippen MR) is 91.0 cm³/mol. The standard InChI is InChI=1S/C16H26NO5P/c1-4-11-21-23(19,22-12-5-2)13-17-15-9-7-14(8-10-15)16(18)20-6-3/h7-10,17H,4-6,11-13H2,1-3H3. The van der Waals surface area contributed by atoms with E-state index in [1.165, 1.54) is 0 Å². The van der Waals surface area contributed by atoms with Crippen LogP contribution in [0.2, 0.25) is 0 Å². The number of hydrogen-bond donors (Lipinski definition) is 1. The molecule has 1 aromatic carbocycles. The molecule has 0 fully saturated rings. The predicted octanol–water partition coefficient (Wildman–Crippen LogP) is 4.28. The zero-order valence-corrected chi connectivity index (χ0v) is 14.9. The summed E-state index contributed by atoms with van der Waals surface area (Å²) in [5, 5.41) is 3.04. The Morgan fingerprint density at radius 2 is 1.61 bits per heavy atom. The number of hydrogen-bond acceptors (Lipinski definition) is 6. The molecule has 130 valence electrons. The molecule has 0 aliphatic carbocycles. The third kappa shape index (κ3) is 7.16. The zero-order chi connectivity index (χ0) is 17.1. The van der Waals surface area contributed by atoms with Gasteiger partial charge in [0.05, 0.1) is 25.4 Å². The summed E-state index contributed by atoms with van der Waals surface area (Å²) >= 11 is 0. The fraction of sp³-hybridized carbons (Fsp3) is 0.562. The van der Waals surface area contributed by atoms with Gasteiger partial charge in [-0.3, -0.25) is 4.57 Å². The van der Waals surface area contributed by atoms with Crippen molar-refractivity contribution < 1.29 is 23.1 Å². The second-order valence-electron chi connectivity index (χ2n) is 4.91. The first-order chi connectivity index (χ1) is 11.0. The minimum absolute atomic E-state index is 0.0890. The van der Waals surface area contributed by atoms with Crippen LogP contribution in [-0.2, 0) is 18.3 Å². The van der Waals surface area contributed by atoms with Crippen LogP contribution in [0.4, 0.5) is 5.69 Å². The van der Waals surface area contributed by atoms with E-state index in [0.717, 1.165) is 18.5 Å². The number of carbonyl (C=O) groups is 1. The SMILES string of the molecule is CCCOP(=O)(CNc1ccc(C(=O)OCC)cc1)OCCC. The van der Waals surface area contributed by atoms with Gasteiger partial charge in [-0.1, -0.05) is 13.8 Å². The lowest BCUT2D eigenvalue weighted by atomic mass is 10.2. The summed E-state index contributed by atoms with van der Waals surface area (Å²) in [6, 6.07) is 6.78. The molecule has 0 spiro atoms. The van der Waals surface area contributed by atoms with E-state index in [0.29, 0.717) is 25.4 Å². The average molecular weight is 343 g/mol. The lowest BCUT2D eigenvalue weighted by molar-refractivity contribution is 0.0526. The lowest BCUT2D eigenvalue weighted by Crippen LogP contribution is -2.09. The molecule has 7 heteroatoms. The minimum atomic E-state index is -3.16. The molecule has 0 saturated heterocycles. The Kier molecular flexibility index (Phi) is 8.92. The number of esters is 1. The average Bonchev–Trinajstić information content (AvgIpc) is 2.57. The monoisotopic (exact) mass is 343 g/mol. The molecule has 0 aliphatic heterocycles. The van der Waals surface area contributed by atoms with Gasteiger partial charge in [0, 0.05) is 5.69 Å². The van der Waals surface area contributed by atoms with Gasteiger partial charge in [-0.25, -0.2) is 4.79 Å². The van der Waals surface area contributed by atoms with Crippen LogP contribution in [0.15, 0.2) is 24.3 Å². The number of carbonyl (C=O) groups excluding carboxylic acids is 1. The van der Waals surface area contributed by atoms with E-state index >= 15 is 0 Å². The summed E-state index contributed by atoms with van der Waals surface area (Å²) in [6.07, 6.45) is 1.63. The van der Waals surface area contributed by atoms with Crippen molar-refractivity contribution in [3.8, 4) is 0 Å². The molecule has 0 unspecified atom stereocenters. The number of ether oxygens (including phenoxy) is 1. The third-order valence-corrected chi connectivity index (χ3v) is 4.55. The van der Waals surface area contributed by atoms with Crippen molar-refractivity contribution in [1.29, 1.82) is 0 Å². The Hall–Kier alpha value is -1.36. The van der Waals surface area contributed by atoms with E-state index in [1.807, 2.05) is 13.8 Å². The second-order valence-corrected chi connectivity index (χ2v) is 6.96. The van der Waals surface area contributed by atoms with Gasteiger partial charge in [0.25, 0.3) is 0 Å². The summed E-state index contributed by atoms with van der Waals surface area (Å²) in [5.41, 5.74) is 1.21. The van der Waals surface area contributed by atoms with Crippen molar-refractivity contribution in [3.05, 3.63) is 29.8 Å². The first kappa shape index (κ1) is 19.7. The normalized spacial score (nSPS) is 11.3. The Balaban J connectivity index is 2.62. The second kappa shape index (κ2) is 10.4. The Labute approximate surface area is 138 Å². The van der Waals surface area contributed by atoms with Crippen LogP contribution in [0.3, 0.4) is 0 Å². The zero-order valence-electron chi connectivity index (χ0n) is 14.0. The Bertz CT molecular complexity index is 506. The number of benzene rings is 1. The maximum Gasteiger partial charge on any atom is 0.349 e. The van der Waals surface area contributed by atoms with Crippen molar-refractivity contribution in [2.45, 2.75) is 33.6 Å². The largest absolute Gasteiger partial charge is 0.462 e. The molecule has 1 aromatic rings. The summed E-state index contributed by atoms with van der Waals surface area (Å²) in [6.45, 7) is 6.79. The molecular formula is C16H26NO5P. The highest BCUT2D eigenvalue weighted by atomic mass is 31.2. The van der Waals surface area contributed by atoms with Gasteiger partial charge < -0.3 is 19.1 Å². The fourth-order valence-corrected chi connectivity index (χ4v) is 3.27. The van der Waals surface area contributed by atoms with Crippen LogP contribution >= 0.6 is 7.60 Å². The first-order valence-electron chi connectivity index (χ1n) is 7.93. The van der Waals surface area contributed by atoms with Crippen molar-refractivity contribution >= 4 is 19.3 Å². The maximum absolute atomic E-state index is 12.6. The summed E-state index contributed by atoms with van der Waals surface area (Å²) in [4.78, 5) is 11.6. The molecule has 0 aromatic heterocycles. The topological polar surface area (TPSA) is 73.9 Å². The molecule has 0 bridgehead atoms. The van der Waals surface area contributed by atoms with Crippen molar-refractivity contribution in [2.24, 2.45) is 0 Å². The molecule has 0 amide bonds. The van der Waals surface area contributed by atoms with Crippen LogP contribution in [0.25, 0.3) is 0 Å². The number of rotatable bonds is 11. The van der Waals surface area contributed by atoms with E-state index in [2.05, 4.69) is 5.32 Å². The quantitative estimate of drug-likeness (QED) is 0.477. The molecular weight excluding hydrogens is 317 g/mol. The van der Waals surface area contributed by atoms with Crippen molar-refractivity contribution in [2.75, 3.05) is 31.4 Å². The van der Waals surface area contributed by atoms with Crippen LogP contribution in [0.5, 0.6) is 0 Å². The molecule has 1 N–H and O–H groups in total. The highest BCUT2D eigenvalue weighted by molar-refractivity contribution is 7.53. The van der Waals surface area contributed by atoms with Gasteiger partial charge >= 0.3 is 13.6 Å². The van der Waals surface area contributed by atoms with Gasteiger partial charge in [0.2, 0.25) is 0 Å². The summed E-state index contributed by atoms with van der Waals surface area (Å²) in [5.74, 6) is -0.359. The lowest BCUT2D eigenvalue weighted by Gasteiger charge is -2.19. The van der Waals surface area contributed by atoms with E-state index in [4.69, 9.17) is 13.8 Å². The first-order valence-corrected chi connectivity index (χ1v) is 9.66. The molecule has 6 nitrogen and oxygen atoms in total. The molecule has 0 saturated carbocycles. The van der Waals surface area contributed by atoms with E-state index in [9.17, 15) is 9.36 Å². The molecule has 0 aliphatic rings. The van der Waals surface area contributed by atoms with Gasteiger partial charge in [-0.05, 0) is 44.0 Å². The number of anilines is 1. The van der Waals surface area contributed by atoms with Crippen LogP contribution in [0, 0.1) is 0 Å². The van der Waals surface area contributed by atoms with Gasteiger partial charge in [0.1, 0.15) is 6.29 Å². The number of nitrogens with one attached hydrogen (secondary N) is 1. The maximum atomic E-state index is 12.6. The Morgan fingerprint density at radius 1 is 1.04 bits per heavy atom. The van der Waals surface area contributed by atoms with Crippen LogP contribution < -0.4 is 5.32 Å². The highest BCUT2D eigenvalue weighted by Gasteiger charge is 2.23. The Morgan fingerprint density at radius 3 is 2.09 bits per heavy atom. The summed E-state index contributed by atoms with van der Waals surface area (Å²) < 4.78 is 28.3. The molecule has 1 rings (SSSR count). The summed E-state index contributed by atoms with van der Waals surface area (Å²) in [7, 11) is -3.16. The fourth-order valence-electron chi connectivity index (χ4n) is 1.72. The van der Waals surface area contributed by atoms with Gasteiger partial charge in [-0.15, -0.1) is 0 Å². The van der Waals surface area contributed by atoms with Crippen LogP contribution in [-0.4, -0.2) is 32.1 Å². The molecule has 0 atom stereocenters. The van der Waals surface area contributed by atoms with Crippen LogP contribution in [0.1, 0.15) is 44.0 Å². The van der Waals surface area contributed by atoms with E-state index < -0.39 is 7.60 Å². The van der Waals surface area contributed by atoms with Crippen molar-refractivity contribution in [3.63, 3.8) is 0 Å². The molecule has 0 radical (unpaired) electrons. The molecule has 0 heterocycles. The minimum Gasteiger partial charge on any atom is -0.462 e. The highest BCUT2D eigenvalue weighted by Crippen LogP contribution is 2.48. The van der Waals surface area contributed by atoms with Gasteiger partial charge in [0.15, 0.2) is 0 Å². The smallest absolute Gasteiger partial charge is 0.349 e. The van der Waals surface area contributed by atoms with E-state index in [-0.39, 0.29) is 12.3 Å². The van der Waals surface area contributed by atoms with Gasteiger partial charge in [-0.2, -0.15) is 0 Å². The van der Waals surface area contributed by atoms with E-state index in [1.54, 1.807) is 31.2 Å². The van der Waals surface area contributed by atoms with Crippen molar-refractivity contribution in [1.82, 2.24) is 0 Å².